The van der Waals surface area contributed by atoms with Gasteiger partial charge in [0.25, 0.3) is 11.8 Å². The van der Waals surface area contributed by atoms with Crippen molar-refractivity contribution >= 4 is 33.7 Å². The first kappa shape index (κ1) is 19.1. The monoisotopic (exact) mass is 448 g/mol. The summed E-state index contributed by atoms with van der Waals surface area (Å²) >= 11 is 3.54. The van der Waals surface area contributed by atoms with Crippen molar-refractivity contribution < 1.29 is 14.4 Å². The molecule has 0 aliphatic carbocycles. The predicted octanol–water partition coefficient (Wildman–Crippen LogP) is 3.95. The molecule has 3 amide bonds. The maximum atomic E-state index is 12.8. The molecule has 0 spiro atoms. The minimum atomic E-state index is -0.446. The lowest BCUT2D eigenvalue weighted by molar-refractivity contribution is -0.121. The van der Waals surface area contributed by atoms with Crippen LogP contribution in [0.5, 0.6) is 0 Å². The Morgan fingerprint density at radius 2 is 1.38 bits per heavy atom. The summed E-state index contributed by atoms with van der Waals surface area (Å²) in [6.45, 7) is -0.333. The molecule has 0 radical (unpaired) electrons. The van der Waals surface area contributed by atoms with E-state index < -0.39 is 23.8 Å². The van der Waals surface area contributed by atoms with E-state index in [9.17, 15) is 14.4 Å². The highest BCUT2D eigenvalue weighted by Crippen LogP contribution is 2.29. The fourth-order valence-corrected chi connectivity index (χ4v) is 3.94. The van der Waals surface area contributed by atoms with Gasteiger partial charge in [-0.1, -0.05) is 76.6 Å². The molecule has 1 unspecified atom stereocenters. The Hall–Kier alpha value is -3.25. The summed E-state index contributed by atoms with van der Waals surface area (Å²) in [6.07, 6.45) is 0. The number of fused-ring (bicyclic) bond motifs is 1. The molecule has 0 aromatic heterocycles. The number of benzene rings is 3. The second-order valence-electron chi connectivity index (χ2n) is 6.67. The second-order valence-corrected chi connectivity index (χ2v) is 7.53. The number of nitrogens with zero attached hydrogens (tertiary/aromatic N) is 1. The standard InChI is InChI=1S/C23H17BrN2O3/c24-19-13-7-6-12-18(19)21(15-8-2-1-3-9-15)25-20(27)14-26-22(28)16-10-4-5-11-17(16)23(26)29/h1-13,21H,14H2,(H,25,27). The molecule has 0 fully saturated rings. The third-order valence-corrected chi connectivity index (χ3v) is 5.56. The third kappa shape index (κ3) is 3.71. The maximum absolute atomic E-state index is 12.8. The number of hydrogen-bond donors (Lipinski definition) is 1. The van der Waals surface area contributed by atoms with Crippen molar-refractivity contribution in [2.24, 2.45) is 0 Å². The predicted molar refractivity (Wildman–Crippen MR) is 112 cm³/mol. The molecule has 144 valence electrons. The normalized spacial score (nSPS) is 13.9. The molecular formula is C23H17BrN2O3. The first-order chi connectivity index (χ1) is 14.1. The van der Waals surface area contributed by atoms with Gasteiger partial charge in [-0.25, -0.2) is 0 Å². The second kappa shape index (κ2) is 8.01. The smallest absolute Gasteiger partial charge is 0.262 e. The number of hydrogen-bond acceptors (Lipinski definition) is 3. The van der Waals surface area contributed by atoms with Crippen LogP contribution in [0.4, 0.5) is 0 Å². The molecule has 1 N–H and O–H groups in total. The van der Waals surface area contributed by atoms with Gasteiger partial charge in [0.1, 0.15) is 6.54 Å². The van der Waals surface area contributed by atoms with Crippen LogP contribution in [0.1, 0.15) is 37.9 Å². The van der Waals surface area contributed by atoms with Crippen LogP contribution in [0.3, 0.4) is 0 Å². The molecule has 4 rings (SSSR count). The van der Waals surface area contributed by atoms with Gasteiger partial charge < -0.3 is 5.32 Å². The first-order valence-electron chi connectivity index (χ1n) is 9.10. The zero-order valence-electron chi connectivity index (χ0n) is 15.3. The van der Waals surface area contributed by atoms with E-state index in [1.807, 2.05) is 54.6 Å². The number of carbonyl (C=O) groups is 3. The highest BCUT2D eigenvalue weighted by Gasteiger charge is 2.36. The average Bonchev–Trinajstić information content (AvgIpc) is 2.98. The van der Waals surface area contributed by atoms with Gasteiger partial charge in [0, 0.05) is 4.47 Å². The molecular weight excluding hydrogens is 432 g/mol. The van der Waals surface area contributed by atoms with E-state index in [4.69, 9.17) is 0 Å². The van der Waals surface area contributed by atoms with Crippen molar-refractivity contribution in [1.82, 2.24) is 10.2 Å². The van der Waals surface area contributed by atoms with Crippen molar-refractivity contribution in [3.05, 3.63) is 106 Å². The van der Waals surface area contributed by atoms with Crippen LogP contribution < -0.4 is 5.32 Å². The van der Waals surface area contributed by atoms with E-state index in [1.54, 1.807) is 24.3 Å². The van der Waals surface area contributed by atoms with Gasteiger partial charge in [-0.15, -0.1) is 0 Å². The van der Waals surface area contributed by atoms with Gasteiger partial charge in [-0.05, 0) is 29.3 Å². The van der Waals surface area contributed by atoms with E-state index in [0.29, 0.717) is 11.1 Å². The molecule has 3 aromatic carbocycles. The summed E-state index contributed by atoms with van der Waals surface area (Å²) in [5.41, 5.74) is 2.44. The van der Waals surface area contributed by atoms with E-state index in [0.717, 1.165) is 20.5 Å². The fraction of sp³-hybridized carbons (Fsp3) is 0.0870. The Morgan fingerprint density at radius 3 is 2.00 bits per heavy atom. The molecule has 5 nitrogen and oxygen atoms in total. The zero-order chi connectivity index (χ0) is 20.4. The van der Waals surface area contributed by atoms with Crippen LogP contribution in [0.15, 0.2) is 83.3 Å². The van der Waals surface area contributed by atoms with Crippen LogP contribution in [-0.2, 0) is 4.79 Å². The maximum Gasteiger partial charge on any atom is 0.262 e. The largest absolute Gasteiger partial charge is 0.344 e. The quantitative estimate of drug-likeness (QED) is 0.600. The van der Waals surface area contributed by atoms with E-state index in [2.05, 4.69) is 21.2 Å². The zero-order valence-corrected chi connectivity index (χ0v) is 16.9. The molecule has 1 heterocycles. The van der Waals surface area contributed by atoms with Crippen molar-refractivity contribution in [2.75, 3.05) is 6.54 Å². The lowest BCUT2D eigenvalue weighted by Crippen LogP contribution is -2.41. The molecule has 0 saturated carbocycles. The summed E-state index contributed by atoms with van der Waals surface area (Å²) in [7, 11) is 0. The Kier molecular flexibility index (Phi) is 5.27. The van der Waals surface area contributed by atoms with E-state index in [-0.39, 0.29) is 6.54 Å². The third-order valence-electron chi connectivity index (χ3n) is 4.83. The van der Waals surface area contributed by atoms with Gasteiger partial charge in [-0.3, -0.25) is 19.3 Å². The van der Waals surface area contributed by atoms with Gasteiger partial charge in [-0.2, -0.15) is 0 Å². The van der Waals surface area contributed by atoms with Crippen LogP contribution in [-0.4, -0.2) is 29.2 Å². The molecule has 29 heavy (non-hydrogen) atoms. The molecule has 1 aliphatic heterocycles. The Labute approximate surface area is 176 Å². The molecule has 6 heteroatoms. The molecule has 1 atom stereocenters. The van der Waals surface area contributed by atoms with E-state index in [1.165, 1.54) is 0 Å². The topological polar surface area (TPSA) is 66.5 Å². The van der Waals surface area contributed by atoms with E-state index >= 15 is 0 Å². The van der Waals surface area contributed by atoms with Crippen molar-refractivity contribution in [3.8, 4) is 0 Å². The lowest BCUT2D eigenvalue weighted by atomic mass is 9.98. The Morgan fingerprint density at radius 1 is 0.828 bits per heavy atom. The molecule has 3 aromatic rings. The van der Waals surface area contributed by atoms with Crippen molar-refractivity contribution in [3.63, 3.8) is 0 Å². The highest BCUT2D eigenvalue weighted by molar-refractivity contribution is 9.10. The van der Waals surface area contributed by atoms with Crippen molar-refractivity contribution in [1.29, 1.82) is 0 Å². The summed E-state index contributed by atoms with van der Waals surface area (Å²) < 4.78 is 0.856. The number of nitrogens with one attached hydrogen (secondary N) is 1. The van der Waals surface area contributed by atoms with Gasteiger partial charge >= 0.3 is 0 Å². The van der Waals surface area contributed by atoms with Crippen LogP contribution in [0.2, 0.25) is 0 Å². The number of halogens is 1. The summed E-state index contributed by atoms with van der Waals surface area (Å²) in [5, 5.41) is 2.97. The fourth-order valence-electron chi connectivity index (χ4n) is 3.43. The number of imide groups is 1. The number of carbonyl (C=O) groups excluding carboxylic acids is 3. The van der Waals surface area contributed by atoms with Crippen LogP contribution in [0.25, 0.3) is 0 Å². The Bertz CT molecular complexity index is 1060. The minimum absolute atomic E-state index is 0.329. The summed E-state index contributed by atoms with van der Waals surface area (Å²) in [4.78, 5) is 38.9. The van der Waals surface area contributed by atoms with Gasteiger partial charge in [0.05, 0.1) is 17.2 Å². The molecule has 0 saturated heterocycles. The number of rotatable bonds is 5. The molecule has 1 aliphatic rings. The SMILES string of the molecule is O=C(CN1C(=O)c2ccccc2C1=O)NC(c1ccccc1)c1ccccc1Br. The van der Waals surface area contributed by atoms with Gasteiger partial charge in [0.2, 0.25) is 5.91 Å². The van der Waals surface area contributed by atoms with Crippen LogP contribution in [0, 0.1) is 0 Å². The summed E-state index contributed by atoms with van der Waals surface area (Å²) in [5.74, 6) is -1.31. The molecule has 0 bridgehead atoms. The Balaban J connectivity index is 1.58. The van der Waals surface area contributed by atoms with Crippen molar-refractivity contribution in [2.45, 2.75) is 6.04 Å². The average molecular weight is 449 g/mol. The highest BCUT2D eigenvalue weighted by atomic mass is 79.9. The lowest BCUT2D eigenvalue weighted by Gasteiger charge is -2.22. The van der Waals surface area contributed by atoms with Gasteiger partial charge in [0.15, 0.2) is 0 Å². The first-order valence-corrected chi connectivity index (χ1v) is 9.89. The summed E-state index contributed by atoms with van der Waals surface area (Å²) in [6, 6.07) is 23.3. The van der Waals surface area contributed by atoms with Crippen LogP contribution >= 0.6 is 15.9 Å². The minimum Gasteiger partial charge on any atom is -0.344 e. The number of amides is 3.